The van der Waals surface area contributed by atoms with Crippen LogP contribution in [0.5, 0.6) is 5.75 Å². The molecule has 8 nitrogen and oxygen atoms in total. The van der Waals surface area contributed by atoms with Crippen LogP contribution in [0.3, 0.4) is 0 Å². The van der Waals surface area contributed by atoms with Crippen LogP contribution in [0.4, 0.5) is 16.2 Å². The van der Waals surface area contributed by atoms with Crippen LogP contribution in [0.2, 0.25) is 0 Å². The third-order valence-electron chi connectivity index (χ3n) is 4.75. The maximum atomic E-state index is 12.3. The van der Waals surface area contributed by atoms with E-state index in [4.69, 9.17) is 9.47 Å². The lowest BCUT2D eigenvalue weighted by atomic mass is 10.2. The highest BCUT2D eigenvalue weighted by Crippen LogP contribution is 2.35. The Morgan fingerprint density at radius 2 is 2.23 bits per heavy atom. The van der Waals surface area contributed by atoms with E-state index in [1.807, 2.05) is 36.4 Å². The Balaban J connectivity index is 1.25. The summed E-state index contributed by atoms with van der Waals surface area (Å²) in [6, 6.07) is 13.4. The van der Waals surface area contributed by atoms with Crippen LogP contribution in [0.1, 0.15) is 10.7 Å². The number of para-hydroxylation sites is 1. The molecule has 0 unspecified atom stereocenters. The van der Waals surface area contributed by atoms with Crippen molar-refractivity contribution in [3.05, 3.63) is 65.7 Å². The van der Waals surface area contributed by atoms with Crippen LogP contribution in [-0.4, -0.2) is 34.2 Å². The van der Waals surface area contributed by atoms with Crippen LogP contribution in [0, 0.1) is 0 Å². The maximum Gasteiger partial charge on any atom is 0.412 e. The lowest BCUT2D eigenvalue weighted by molar-refractivity contribution is 0.155. The molecule has 9 heteroatoms. The number of anilines is 2. The van der Waals surface area contributed by atoms with Crippen molar-refractivity contribution in [1.82, 2.24) is 15.0 Å². The highest BCUT2D eigenvalue weighted by Gasteiger charge is 2.20. The summed E-state index contributed by atoms with van der Waals surface area (Å²) in [5.74, 6) is 0.786. The summed E-state index contributed by atoms with van der Waals surface area (Å²) >= 11 is 1.52. The van der Waals surface area contributed by atoms with Crippen molar-refractivity contribution in [3.8, 4) is 5.75 Å². The molecule has 5 rings (SSSR count). The van der Waals surface area contributed by atoms with Crippen molar-refractivity contribution in [1.29, 1.82) is 0 Å². The molecule has 0 radical (unpaired) electrons. The number of fused-ring (bicyclic) bond motifs is 2. The van der Waals surface area contributed by atoms with Gasteiger partial charge in [-0.2, -0.15) is 0 Å². The number of hydrogen-bond acceptors (Lipinski definition) is 7. The molecule has 0 atom stereocenters. The van der Waals surface area contributed by atoms with Crippen molar-refractivity contribution >= 4 is 39.0 Å². The number of carbonyl (C=O) groups excluding carboxylic acids is 1. The van der Waals surface area contributed by atoms with Gasteiger partial charge in [0.05, 0.1) is 41.0 Å². The second-order valence-electron chi connectivity index (χ2n) is 6.81. The number of benzene rings is 2. The normalized spacial score (nSPS) is 13.0. The Morgan fingerprint density at radius 3 is 3.10 bits per heavy atom. The molecule has 0 aliphatic carbocycles. The van der Waals surface area contributed by atoms with Crippen LogP contribution >= 0.6 is 11.3 Å². The summed E-state index contributed by atoms with van der Waals surface area (Å²) in [5.41, 5.74) is 3.48. The molecule has 152 valence electrons. The Bertz CT molecular complexity index is 1140. The maximum absolute atomic E-state index is 12.3. The van der Waals surface area contributed by atoms with Crippen molar-refractivity contribution < 1.29 is 14.3 Å². The van der Waals surface area contributed by atoms with E-state index in [9.17, 15) is 4.79 Å². The summed E-state index contributed by atoms with van der Waals surface area (Å²) in [5, 5.41) is 3.55. The van der Waals surface area contributed by atoms with Gasteiger partial charge in [-0.3, -0.25) is 5.32 Å². The third-order valence-corrected chi connectivity index (χ3v) is 5.76. The lowest BCUT2D eigenvalue weighted by Crippen LogP contribution is -2.32. The number of nitrogens with one attached hydrogen (secondary N) is 2. The number of H-pyrrole nitrogens is 1. The zero-order chi connectivity index (χ0) is 20.3. The van der Waals surface area contributed by atoms with Crippen LogP contribution in [0.15, 0.2) is 55.0 Å². The Labute approximate surface area is 176 Å². The first-order valence-electron chi connectivity index (χ1n) is 9.52. The van der Waals surface area contributed by atoms with Crippen LogP contribution < -0.4 is 15.0 Å². The quantitative estimate of drug-likeness (QED) is 0.503. The molecule has 0 fully saturated rings. The SMILES string of the molecule is O=C(Nc1ccc2c(c1)N(Cc1cnc[nH]1)CCO2)OCc1nc2ccccc2s1. The number of amides is 1. The zero-order valence-electron chi connectivity index (χ0n) is 16.0. The molecule has 1 amide bonds. The first-order valence-corrected chi connectivity index (χ1v) is 10.3. The van der Waals surface area contributed by atoms with Gasteiger partial charge < -0.3 is 19.4 Å². The third kappa shape index (κ3) is 3.92. The molecule has 4 aromatic rings. The van der Waals surface area contributed by atoms with E-state index in [1.165, 1.54) is 11.3 Å². The molecule has 0 bridgehead atoms. The van der Waals surface area contributed by atoms with E-state index in [0.717, 1.165) is 38.9 Å². The van der Waals surface area contributed by atoms with E-state index < -0.39 is 6.09 Å². The molecule has 0 spiro atoms. The van der Waals surface area contributed by atoms with Gasteiger partial charge in [-0.15, -0.1) is 11.3 Å². The number of rotatable bonds is 5. The van der Waals surface area contributed by atoms with Gasteiger partial charge in [-0.05, 0) is 30.3 Å². The van der Waals surface area contributed by atoms with Gasteiger partial charge in [-0.25, -0.2) is 14.8 Å². The summed E-state index contributed by atoms with van der Waals surface area (Å²) in [4.78, 5) is 26.1. The van der Waals surface area contributed by atoms with E-state index in [1.54, 1.807) is 18.6 Å². The number of thiazole rings is 1. The topological polar surface area (TPSA) is 92.4 Å². The van der Waals surface area contributed by atoms with Crippen molar-refractivity contribution in [2.45, 2.75) is 13.2 Å². The van der Waals surface area contributed by atoms with Gasteiger partial charge in [0.1, 0.15) is 24.0 Å². The second-order valence-corrected chi connectivity index (χ2v) is 7.92. The van der Waals surface area contributed by atoms with E-state index in [2.05, 4.69) is 25.2 Å². The monoisotopic (exact) mass is 421 g/mol. The van der Waals surface area contributed by atoms with Crippen molar-refractivity contribution in [3.63, 3.8) is 0 Å². The fourth-order valence-corrected chi connectivity index (χ4v) is 4.24. The van der Waals surface area contributed by atoms with Gasteiger partial charge in [0.15, 0.2) is 0 Å². The Hall–Kier alpha value is -3.59. The van der Waals surface area contributed by atoms with Crippen LogP contribution in [0.25, 0.3) is 10.2 Å². The fraction of sp³-hybridized carbons (Fsp3) is 0.190. The number of hydrogen-bond donors (Lipinski definition) is 2. The molecule has 1 aliphatic heterocycles. The molecule has 0 saturated carbocycles. The molecule has 2 aromatic carbocycles. The van der Waals surface area contributed by atoms with Gasteiger partial charge in [-0.1, -0.05) is 12.1 Å². The number of aromatic nitrogens is 3. The van der Waals surface area contributed by atoms with Crippen LogP contribution in [-0.2, 0) is 17.9 Å². The molecular formula is C21H19N5O3S. The number of aromatic amines is 1. The number of ether oxygens (including phenoxy) is 2. The minimum Gasteiger partial charge on any atom is -0.490 e. The molecule has 2 aromatic heterocycles. The van der Waals surface area contributed by atoms with Gasteiger partial charge >= 0.3 is 6.09 Å². The molecule has 30 heavy (non-hydrogen) atoms. The second kappa shape index (κ2) is 8.03. The average Bonchev–Trinajstić information content (AvgIpc) is 3.42. The highest BCUT2D eigenvalue weighted by molar-refractivity contribution is 7.18. The minimum atomic E-state index is -0.522. The summed E-state index contributed by atoms with van der Waals surface area (Å²) in [7, 11) is 0. The minimum absolute atomic E-state index is 0.130. The first-order chi connectivity index (χ1) is 14.7. The van der Waals surface area contributed by atoms with E-state index in [-0.39, 0.29) is 6.61 Å². The molecule has 3 heterocycles. The molecule has 1 aliphatic rings. The highest BCUT2D eigenvalue weighted by atomic mass is 32.1. The largest absolute Gasteiger partial charge is 0.490 e. The standard InChI is InChI=1S/C21H19N5O3S/c27-21(29-12-20-25-16-3-1-2-4-19(16)30-20)24-14-5-6-18-17(9-14)26(7-8-28-18)11-15-10-22-13-23-15/h1-6,9-10,13H,7-8,11-12H2,(H,22,23)(H,24,27). The summed E-state index contributed by atoms with van der Waals surface area (Å²) in [6.07, 6.45) is 2.94. The fourth-order valence-electron chi connectivity index (χ4n) is 3.35. The molecule has 0 saturated heterocycles. The smallest absolute Gasteiger partial charge is 0.412 e. The number of imidazole rings is 1. The predicted molar refractivity (Wildman–Crippen MR) is 115 cm³/mol. The zero-order valence-corrected chi connectivity index (χ0v) is 16.8. The Kier molecular flexibility index (Phi) is 4.94. The first kappa shape index (κ1) is 18.4. The van der Waals surface area contributed by atoms with Crippen molar-refractivity contribution in [2.75, 3.05) is 23.4 Å². The molecule has 2 N–H and O–H groups in total. The van der Waals surface area contributed by atoms with Gasteiger partial charge in [0, 0.05) is 11.9 Å². The van der Waals surface area contributed by atoms with Crippen molar-refractivity contribution in [2.24, 2.45) is 0 Å². The lowest BCUT2D eigenvalue weighted by Gasteiger charge is -2.31. The van der Waals surface area contributed by atoms with Gasteiger partial charge in [0.25, 0.3) is 0 Å². The number of carbonyl (C=O) groups is 1. The van der Waals surface area contributed by atoms with E-state index in [0.29, 0.717) is 18.8 Å². The average molecular weight is 421 g/mol. The summed E-state index contributed by atoms with van der Waals surface area (Å²) < 4.78 is 12.2. The predicted octanol–water partition coefficient (Wildman–Crippen LogP) is 4.17. The Morgan fingerprint density at radius 1 is 1.30 bits per heavy atom. The van der Waals surface area contributed by atoms with Gasteiger partial charge in [0.2, 0.25) is 0 Å². The van der Waals surface area contributed by atoms with E-state index >= 15 is 0 Å². The molecular weight excluding hydrogens is 402 g/mol. The summed E-state index contributed by atoms with van der Waals surface area (Å²) in [6.45, 7) is 2.17. The number of nitrogens with zero attached hydrogens (tertiary/aromatic N) is 3.